The minimum atomic E-state index is -0.380. The zero-order valence-electron chi connectivity index (χ0n) is 14.0. The summed E-state index contributed by atoms with van der Waals surface area (Å²) in [6.45, 7) is 5.04. The van der Waals surface area contributed by atoms with Gasteiger partial charge in [-0.05, 0) is 37.8 Å². The summed E-state index contributed by atoms with van der Waals surface area (Å²) in [5.41, 5.74) is -0.456. The van der Waals surface area contributed by atoms with Crippen LogP contribution in [0.3, 0.4) is 0 Å². The average molecular weight is 315 g/mol. The van der Waals surface area contributed by atoms with Crippen molar-refractivity contribution in [2.45, 2.75) is 63.8 Å². The molecule has 1 aliphatic carbocycles. The van der Waals surface area contributed by atoms with Crippen LogP contribution in [0.15, 0.2) is 30.3 Å². The fourth-order valence-electron chi connectivity index (χ4n) is 4.40. The number of carbonyl (C=O) groups is 1. The Morgan fingerprint density at radius 1 is 1.13 bits per heavy atom. The second-order valence-electron chi connectivity index (χ2n) is 7.79. The van der Waals surface area contributed by atoms with Crippen LogP contribution in [-0.2, 0) is 9.53 Å². The first-order valence-corrected chi connectivity index (χ1v) is 8.72. The number of carbonyl (C=O) groups excluding carboxylic acids is 1. The molecule has 4 nitrogen and oxygen atoms in total. The van der Waals surface area contributed by atoms with Gasteiger partial charge in [0.1, 0.15) is 11.5 Å². The minimum absolute atomic E-state index is 0.0872. The normalized spacial score (nSPS) is 31.4. The summed E-state index contributed by atoms with van der Waals surface area (Å²) in [6, 6.07) is 9.76. The van der Waals surface area contributed by atoms with Crippen molar-refractivity contribution in [2.24, 2.45) is 5.41 Å². The summed E-state index contributed by atoms with van der Waals surface area (Å²) < 4.78 is 12.3. The fourth-order valence-corrected chi connectivity index (χ4v) is 4.40. The lowest BCUT2D eigenvalue weighted by molar-refractivity contribution is -0.292. The van der Waals surface area contributed by atoms with Gasteiger partial charge in [-0.3, -0.25) is 4.79 Å². The van der Waals surface area contributed by atoms with E-state index in [9.17, 15) is 4.79 Å². The third-order valence-electron chi connectivity index (χ3n) is 5.64. The van der Waals surface area contributed by atoms with E-state index >= 15 is 0 Å². The van der Waals surface area contributed by atoms with Gasteiger partial charge >= 0.3 is 0 Å². The number of rotatable bonds is 2. The quantitative estimate of drug-likeness (QED) is 0.786. The summed E-state index contributed by atoms with van der Waals surface area (Å²) >= 11 is 0. The van der Waals surface area contributed by atoms with Crippen molar-refractivity contribution in [1.29, 1.82) is 0 Å². The van der Waals surface area contributed by atoms with Crippen molar-refractivity contribution in [2.75, 3.05) is 6.61 Å². The average Bonchev–Trinajstić information content (AvgIpc) is 2.56. The maximum Gasteiger partial charge on any atom is 0.268 e. The molecule has 4 heteroatoms. The fraction of sp³-hybridized carbons (Fsp3) is 0.632. The molecule has 0 bridgehead atoms. The molecular weight excluding hydrogens is 290 g/mol. The molecule has 3 aliphatic rings. The Kier molecular flexibility index (Phi) is 3.41. The van der Waals surface area contributed by atoms with Gasteiger partial charge in [0.15, 0.2) is 6.10 Å². The van der Waals surface area contributed by atoms with Gasteiger partial charge in [-0.25, -0.2) is 0 Å². The predicted molar refractivity (Wildman–Crippen MR) is 87.0 cm³/mol. The summed E-state index contributed by atoms with van der Waals surface area (Å²) in [4.78, 5) is 14.9. The third kappa shape index (κ3) is 2.26. The number of hydrogen-bond acceptors (Lipinski definition) is 3. The zero-order valence-corrected chi connectivity index (χ0v) is 14.0. The summed E-state index contributed by atoms with van der Waals surface area (Å²) in [7, 11) is 0. The lowest BCUT2D eigenvalue weighted by atomic mass is 9.70. The molecule has 1 spiro atoms. The van der Waals surface area contributed by atoms with Gasteiger partial charge in [-0.2, -0.15) is 0 Å². The minimum Gasteiger partial charge on any atom is -0.478 e. The molecule has 124 valence electrons. The van der Waals surface area contributed by atoms with E-state index < -0.39 is 0 Å². The van der Waals surface area contributed by atoms with E-state index in [2.05, 4.69) is 13.8 Å². The van der Waals surface area contributed by atoms with Gasteiger partial charge in [0.05, 0.1) is 12.6 Å². The molecule has 1 amide bonds. The summed E-state index contributed by atoms with van der Waals surface area (Å²) in [5.74, 6) is 0.860. The molecule has 2 atom stereocenters. The second kappa shape index (κ2) is 5.23. The second-order valence-corrected chi connectivity index (χ2v) is 7.79. The molecule has 1 saturated carbocycles. The van der Waals surface area contributed by atoms with Crippen molar-refractivity contribution in [1.82, 2.24) is 4.90 Å². The van der Waals surface area contributed by atoms with E-state index in [0.717, 1.165) is 31.4 Å². The van der Waals surface area contributed by atoms with E-state index in [0.29, 0.717) is 6.61 Å². The zero-order chi connectivity index (χ0) is 16.1. The lowest BCUT2D eigenvalue weighted by Crippen LogP contribution is -2.81. The number of ether oxygens (including phenoxy) is 2. The largest absolute Gasteiger partial charge is 0.478 e. The van der Waals surface area contributed by atoms with Crippen molar-refractivity contribution in [3.63, 3.8) is 0 Å². The third-order valence-corrected chi connectivity index (χ3v) is 5.64. The van der Waals surface area contributed by atoms with Crippen LogP contribution < -0.4 is 4.74 Å². The predicted octanol–water partition coefficient (Wildman–Crippen LogP) is 3.36. The van der Waals surface area contributed by atoms with Crippen molar-refractivity contribution in [3.8, 4) is 5.75 Å². The highest BCUT2D eigenvalue weighted by Crippen LogP contribution is 2.51. The van der Waals surface area contributed by atoms with Crippen LogP contribution in [0.5, 0.6) is 5.75 Å². The molecule has 2 aliphatic heterocycles. The van der Waals surface area contributed by atoms with E-state index in [1.54, 1.807) is 0 Å². The standard InChI is InChI=1S/C19H25NO3/c1-18(2)13-22-19(11-7-4-8-12-19)20-16(18)15(17(20)21)23-14-9-5-3-6-10-14/h3,5-6,9-10,15-16H,4,7-8,11-13H2,1-2H3/t15-,16+/m0/s1. The Morgan fingerprint density at radius 3 is 2.52 bits per heavy atom. The van der Waals surface area contributed by atoms with Gasteiger partial charge < -0.3 is 14.4 Å². The van der Waals surface area contributed by atoms with Gasteiger partial charge in [0.25, 0.3) is 5.91 Å². The van der Waals surface area contributed by atoms with Crippen LogP contribution in [0.4, 0.5) is 0 Å². The first-order valence-electron chi connectivity index (χ1n) is 8.72. The number of para-hydroxylation sites is 1. The summed E-state index contributed by atoms with van der Waals surface area (Å²) in [5, 5.41) is 0. The number of hydrogen-bond donors (Lipinski definition) is 0. The number of benzene rings is 1. The molecule has 1 aromatic carbocycles. The van der Waals surface area contributed by atoms with E-state index in [1.165, 1.54) is 6.42 Å². The number of β-lactam (4-membered cyclic amide) rings is 1. The molecule has 3 fully saturated rings. The van der Waals surface area contributed by atoms with Crippen molar-refractivity contribution in [3.05, 3.63) is 30.3 Å². The maximum absolute atomic E-state index is 12.9. The van der Waals surface area contributed by atoms with E-state index in [4.69, 9.17) is 9.47 Å². The highest BCUT2D eigenvalue weighted by molar-refractivity contribution is 5.90. The molecule has 0 N–H and O–H groups in total. The molecule has 0 aromatic heterocycles. The van der Waals surface area contributed by atoms with E-state index in [-0.39, 0.29) is 29.2 Å². The number of nitrogens with zero attached hydrogens (tertiary/aromatic N) is 1. The van der Waals surface area contributed by atoms with Crippen LogP contribution in [0, 0.1) is 5.41 Å². The van der Waals surface area contributed by atoms with Crippen molar-refractivity contribution < 1.29 is 14.3 Å². The van der Waals surface area contributed by atoms with Crippen LogP contribution in [0.1, 0.15) is 46.0 Å². The monoisotopic (exact) mass is 315 g/mol. The Hall–Kier alpha value is -1.55. The topological polar surface area (TPSA) is 38.8 Å². The number of amides is 1. The Morgan fingerprint density at radius 2 is 1.83 bits per heavy atom. The molecule has 1 aromatic rings. The van der Waals surface area contributed by atoms with Crippen LogP contribution in [0.2, 0.25) is 0 Å². The van der Waals surface area contributed by atoms with Gasteiger partial charge in [-0.1, -0.05) is 38.5 Å². The van der Waals surface area contributed by atoms with E-state index in [1.807, 2.05) is 35.2 Å². The van der Waals surface area contributed by atoms with Crippen LogP contribution >= 0.6 is 0 Å². The first kappa shape index (κ1) is 15.0. The highest BCUT2D eigenvalue weighted by Gasteiger charge is 2.66. The van der Waals surface area contributed by atoms with Crippen molar-refractivity contribution >= 4 is 5.91 Å². The van der Waals surface area contributed by atoms with Crippen LogP contribution in [-0.4, -0.2) is 35.3 Å². The summed E-state index contributed by atoms with van der Waals surface area (Å²) in [6.07, 6.45) is 5.07. The molecule has 0 radical (unpaired) electrons. The molecule has 23 heavy (non-hydrogen) atoms. The van der Waals surface area contributed by atoms with Gasteiger partial charge in [-0.15, -0.1) is 0 Å². The molecule has 4 rings (SSSR count). The molecule has 2 heterocycles. The van der Waals surface area contributed by atoms with Gasteiger partial charge in [0.2, 0.25) is 0 Å². The maximum atomic E-state index is 12.9. The Bertz CT molecular complexity index is 592. The Labute approximate surface area is 137 Å². The SMILES string of the molecule is CC1(C)COC2(CCCCC2)N2C(=O)[C@@H](Oc3ccccc3)[C@@H]21. The molecule has 2 saturated heterocycles. The lowest BCUT2D eigenvalue weighted by Gasteiger charge is -2.64. The Balaban J connectivity index is 1.61. The molecular formula is C19H25NO3. The number of fused-ring (bicyclic) bond motifs is 2. The van der Waals surface area contributed by atoms with Crippen LogP contribution in [0.25, 0.3) is 0 Å². The highest BCUT2D eigenvalue weighted by atomic mass is 16.5. The smallest absolute Gasteiger partial charge is 0.268 e. The molecule has 0 unspecified atom stereocenters. The first-order chi connectivity index (χ1) is 11.0. The van der Waals surface area contributed by atoms with Gasteiger partial charge in [0, 0.05) is 5.41 Å².